The Bertz CT molecular complexity index is 353. The van der Waals surface area contributed by atoms with Crippen LogP contribution in [0.25, 0.3) is 0 Å². The van der Waals surface area contributed by atoms with E-state index in [4.69, 9.17) is 9.62 Å². The fraction of sp³-hybridized carbons (Fsp3) is 0.462. The lowest BCUT2D eigenvalue weighted by Crippen LogP contribution is -2.10. The maximum atomic E-state index is 11.6. The normalized spacial score (nSPS) is 10.3. The molecule has 0 unspecified atom stereocenters. The first-order valence-corrected chi connectivity index (χ1v) is 5.63. The van der Waals surface area contributed by atoms with Crippen molar-refractivity contribution in [3.05, 3.63) is 34.9 Å². The molecule has 0 radical (unpaired) electrons. The number of ether oxygens (including phenoxy) is 1. The van der Waals surface area contributed by atoms with Crippen molar-refractivity contribution in [2.24, 2.45) is 0 Å². The Balaban J connectivity index is 2.41. The summed E-state index contributed by atoms with van der Waals surface area (Å²) < 4.78 is 5.04. The second-order valence-corrected chi connectivity index (χ2v) is 3.77. The van der Waals surface area contributed by atoms with Crippen LogP contribution in [0.15, 0.2) is 18.2 Å². The summed E-state index contributed by atoms with van der Waals surface area (Å²) in [5, 5.41) is 0. The molecule has 0 aliphatic rings. The quantitative estimate of drug-likeness (QED) is 0.434. The molecule has 1 aromatic carbocycles. The lowest BCUT2D eigenvalue weighted by molar-refractivity contribution is -0.247. The Morgan fingerprint density at radius 1 is 1.12 bits per heavy atom. The predicted molar refractivity (Wildman–Crippen MR) is 63.8 cm³/mol. The van der Waals surface area contributed by atoms with Gasteiger partial charge in [-0.15, -0.1) is 0 Å². The van der Waals surface area contributed by atoms with E-state index in [2.05, 4.69) is 4.89 Å². The predicted octanol–water partition coefficient (Wildman–Crippen LogP) is 2.43. The Labute approximate surface area is 101 Å². The smallest absolute Gasteiger partial charge is 0.373 e. The third-order valence-electron chi connectivity index (χ3n) is 2.11. The van der Waals surface area contributed by atoms with Crippen molar-refractivity contribution in [2.45, 2.75) is 20.8 Å². The molecule has 17 heavy (non-hydrogen) atoms. The first-order valence-electron chi connectivity index (χ1n) is 5.63. The lowest BCUT2D eigenvalue weighted by Gasteiger charge is -2.05. The van der Waals surface area contributed by atoms with E-state index in [1.165, 1.54) is 0 Å². The van der Waals surface area contributed by atoms with Gasteiger partial charge in [-0.3, -0.25) is 4.89 Å². The van der Waals surface area contributed by atoms with Gasteiger partial charge in [0.2, 0.25) is 0 Å². The molecule has 0 aliphatic carbocycles. The van der Waals surface area contributed by atoms with Crippen LogP contribution in [-0.2, 0) is 14.5 Å². The summed E-state index contributed by atoms with van der Waals surface area (Å²) in [6.45, 7) is 7.02. The molecule has 4 nitrogen and oxygen atoms in total. The van der Waals surface area contributed by atoms with E-state index in [9.17, 15) is 4.79 Å². The van der Waals surface area contributed by atoms with Crippen molar-refractivity contribution < 1.29 is 19.3 Å². The summed E-state index contributed by atoms with van der Waals surface area (Å²) >= 11 is 0. The van der Waals surface area contributed by atoms with Crippen LogP contribution in [0.5, 0.6) is 0 Å². The number of hydrogen-bond donors (Lipinski definition) is 0. The number of hydrogen-bond acceptors (Lipinski definition) is 4. The van der Waals surface area contributed by atoms with E-state index < -0.39 is 5.97 Å². The molecule has 1 aromatic rings. The molecule has 0 fully saturated rings. The molecule has 0 amide bonds. The van der Waals surface area contributed by atoms with Crippen LogP contribution in [-0.4, -0.2) is 25.8 Å². The molecule has 4 heteroatoms. The van der Waals surface area contributed by atoms with E-state index in [1.54, 1.807) is 12.1 Å². The Kier molecular flexibility index (Phi) is 5.66. The zero-order valence-corrected chi connectivity index (χ0v) is 10.5. The number of aryl methyl sites for hydroxylation is 2. The average molecular weight is 238 g/mol. The van der Waals surface area contributed by atoms with Gasteiger partial charge < -0.3 is 4.74 Å². The molecule has 0 saturated heterocycles. The average Bonchev–Trinajstić information content (AvgIpc) is 2.27. The van der Waals surface area contributed by atoms with Crippen molar-refractivity contribution in [2.75, 3.05) is 19.8 Å². The van der Waals surface area contributed by atoms with Gasteiger partial charge in [-0.05, 0) is 32.9 Å². The highest BCUT2D eigenvalue weighted by Crippen LogP contribution is 2.10. The zero-order valence-electron chi connectivity index (χ0n) is 10.5. The van der Waals surface area contributed by atoms with Crippen molar-refractivity contribution >= 4 is 5.97 Å². The van der Waals surface area contributed by atoms with Gasteiger partial charge in [-0.2, -0.15) is 4.89 Å². The van der Waals surface area contributed by atoms with Gasteiger partial charge in [0.15, 0.2) is 0 Å². The minimum absolute atomic E-state index is 0.240. The molecule has 0 spiro atoms. The maximum absolute atomic E-state index is 11.6. The molecule has 0 saturated carbocycles. The standard InChI is InChI=1S/C13H18O4/c1-4-15-5-6-16-17-13(14)12-8-10(2)7-11(3)9-12/h7-9H,4-6H2,1-3H3. The maximum Gasteiger partial charge on any atom is 0.373 e. The van der Waals surface area contributed by atoms with Gasteiger partial charge in [0, 0.05) is 6.61 Å². The Morgan fingerprint density at radius 3 is 2.35 bits per heavy atom. The molecule has 0 aliphatic heterocycles. The van der Waals surface area contributed by atoms with Crippen molar-refractivity contribution in [1.29, 1.82) is 0 Å². The number of benzene rings is 1. The van der Waals surface area contributed by atoms with Gasteiger partial charge in [0.25, 0.3) is 0 Å². The molecule has 94 valence electrons. The summed E-state index contributed by atoms with van der Waals surface area (Å²) in [5.41, 5.74) is 2.54. The number of carbonyl (C=O) groups is 1. The summed E-state index contributed by atoms with van der Waals surface area (Å²) in [6.07, 6.45) is 0. The fourth-order valence-corrected chi connectivity index (χ4v) is 1.47. The Morgan fingerprint density at radius 2 is 1.76 bits per heavy atom. The summed E-state index contributed by atoms with van der Waals surface area (Å²) in [6, 6.07) is 5.52. The van der Waals surface area contributed by atoms with Crippen molar-refractivity contribution in [3.63, 3.8) is 0 Å². The lowest BCUT2D eigenvalue weighted by atomic mass is 10.1. The molecule has 1 rings (SSSR count). The van der Waals surface area contributed by atoms with Gasteiger partial charge in [0.1, 0.15) is 6.61 Å². The second-order valence-electron chi connectivity index (χ2n) is 3.77. The molecule has 0 aromatic heterocycles. The van der Waals surface area contributed by atoms with E-state index in [0.29, 0.717) is 18.8 Å². The van der Waals surface area contributed by atoms with Gasteiger partial charge >= 0.3 is 5.97 Å². The van der Waals surface area contributed by atoms with E-state index in [-0.39, 0.29) is 6.61 Å². The first-order chi connectivity index (χ1) is 8.13. The largest absolute Gasteiger partial charge is 0.379 e. The van der Waals surface area contributed by atoms with Crippen LogP contribution in [0.4, 0.5) is 0 Å². The van der Waals surface area contributed by atoms with Gasteiger partial charge in [-0.1, -0.05) is 17.2 Å². The van der Waals surface area contributed by atoms with Gasteiger partial charge in [0.05, 0.1) is 12.2 Å². The monoisotopic (exact) mass is 238 g/mol. The van der Waals surface area contributed by atoms with Crippen LogP contribution < -0.4 is 0 Å². The van der Waals surface area contributed by atoms with Crippen molar-refractivity contribution in [3.8, 4) is 0 Å². The third-order valence-corrected chi connectivity index (χ3v) is 2.11. The minimum Gasteiger partial charge on any atom is -0.379 e. The zero-order chi connectivity index (χ0) is 12.7. The highest BCUT2D eigenvalue weighted by molar-refractivity contribution is 5.89. The molecule has 0 atom stereocenters. The van der Waals surface area contributed by atoms with E-state index in [0.717, 1.165) is 11.1 Å². The molecule has 0 N–H and O–H groups in total. The summed E-state index contributed by atoms with van der Waals surface area (Å²) in [4.78, 5) is 21.0. The third kappa shape index (κ3) is 4.97. The van der Waals surface area contributed by atoms with Crippen LogP contribution in [0.2, 0.25) is 0 Å². The molecule has 0 heterocycles. The molecular formula is C13H18O4. The SMILES string of the molecule is CCOCCOOC(=O)c1cc(C)cc(C)c1. The van der Waals surface area contributed by atoms with Crippen LogP contribution >= 0.6 is 0 Å². The number of carbonyl (C=O) groups excluding carboxylic acids is 1. The second kappa shape index (κ2) is 7.04. The van der Waals surface area contributed by atoms with Crippen LogP contribution in [0, 0.1) is 13.8 Å². The molecular weight excluding hydrogens is 220 g/mol. The van der Waals surface area contributed by atoms with Crippen molar-refractivity contribution in [1.82, 2.24) is 0 Å². The van der Waals surface area contributed by atoms with Gasteiger partial charge in [-0.25, -0.2) is 4.79 Å². The fourth-order valence-electron chi connectivity index (χ4n) is 1.47. The van der Waals surface area contributed by atoms with Crippen LogP contribution in [0.1, 0.15) is 28.4 Å². The highest BCUT2D eigenvalue weighted by Gasteiger charge is 2.09. The van der Waals surface area contributed by atoms with Crippen LogP contribution in [0.3, 0.4) is 0 Å². The highest BCUT2D eigenvalue weighted by atomic mass is 17.2. The number of rotatable bonds is 6. The summed E-state index contributed by atoms with van der Waals surface area (Å²) in [5.74, 6) is -0.478. The molecule has 0 bridgehead atoms. The summed E-state index contributed by atoms with van der Waals surface area (Å²) in [7, 11) is 0. The Hall–Kier alpha value is -1.39. The minimum atomic E-state index is -0.478. The van der Waals surface area contributed by atoms with E-state index in [1.807, 2.05) is 26.8 Å². The topological polar surface area (TPSA) is 44.8 Å². The van der Waals surface area contributed by atoms with E-state index >= 15 is 0 Å². The first kappa shape index (κ1) is 13.7.